The van der Waals surface area contributed by atoms with Gasteiger partial charge in [0.25, 0.3) is 5.56 Å². The SMILES string of the molecule is C=CCn1c(=O)c2cnc(Nc3ccc4c(c3)CCNC4)nc2n1-c1ccnc(C(C)(C)C(C)(C)O)c1. The van der Waals surface area contributed by atoms with Crippen molar-refractivity contribution in [2.24, 2.45) is 0 Å². The minimum Gasteiger partial charge on any atom is -0.390 e. The van der Waals surface area contributed by atoms with E-state index < -0.39 is 11.0 Å². The van der Waals surface area contributed by atoms with Crippen molar-refractivity contribution in [1.29, 1.82) is 0 Å². The number of pyridine rings is 1. The Bertz CT molecular complexity index is 1540. The Morgan fingerprint density at radius 3 is 2.73 bits per heavy atom. The number of aromatic nitrogens is 5. The normalized spacial score (nSPS) is 14.0. The Morgan fingerprint density at radius 1 is 1.16 bits per heavy atom. The van der Waals surface area contributed by atoms with Crippen LogP contribution in [0.4, 0.5) is 11.6 Å². The smallest absolute Gasteiger partial charge is 0.278 e. The lowest BCUT2D eigenvalue weighted by atomic mass is 9.74. The Kier molecular flexibility index (Phi) is 6.21. The van der Waals surface area contributed by atoms with Crippen molar-refractivity contribution in [3.05, 3.63) is 82.6 Å². The van der Waals surface area contributed by atoms with Gasteiger partial charge in [0.05, 0.1) is 23.5 Å². The second-order valence-electron chi connectivity index (χ2n) is 10.5. The lowest BCUT2D eigenvalue weighted by Crippen LogP contribution is -2.43. The van der Waals surface area contributed by atoms with Crippen LogP contribution in [-0.2, 0) is 24.9 Å². The molecule has 0 spiro atoms. The van der Waals surface area contributed by atoms with E-state index >= 15 is 0 Å². The van der Waals surface area contributed by atoms with Gasteiger partial charge in [-0.3, -0.25) is 9.78 Å². The van der Waals surface area contributed by atoms with Gasteiger partial charge in [-0.05, 0) is 62.2 Å². The summed E-state index contributed by atoms with van der Waals surface area (Å²) in [5, 5.41) is 17.9. The molecular weight excluding hydrogens is 466 g/mol. The van der Waals surface area contributed by atoms with Crippen LogP contribution in [0, 0.1) is 0 Å². The van der Waals surface area contributed by atoms with Crippen LogP contribution >= 0.6 is 0 Å². The average molecular weight is 500 g/mol. The van der Waals surface area contributed by atoms with Crippen LogP contribution in [0.25, 0.3) is 16.7 Å². The standard InChI is InChI=1S/C28H33N7O2/c1-6-13-34-25(36)22-17-31-26(32-20-8-7-19-16-29-11-9-18(19)14-20)33-24(22)35(34)21-10-12-30-23(15-21)27(2,3)28(4,5)37/h6-8,10,12,14-15,17,29,37H,1,9,11,13,16H2,2-5H3,(H,31,32,33). The molecule has 0 fully saturated rings. The highest BCUT2D eigenvalue weighted by atomic mass is 16.3. The van der Waals surface area contributed by atoms with E-state index in [0.717, 1.165) is 25.2 Å². The summed E-state index contributed by atoms with van der Waals surface area (Å²) >= 11 is 0. The van der Waals surface area contributed by atoms with Gasteiger partial charge in [0, 0.05) is 30.0 Å². The summed E-state index contributed by atoms with van der Waals surface area (Å²) in [4.78, 5) is 27.1. The average Bonchev–Trinajstić information content (AvgIpc) is 3.14. The molecule has 37 heavy (non-hydrogen) atoms. The quantitative estimate of drug-likeness (QED) is 0.333. The summed E-state index contributed by atoms with van der Waals surface area (Å²) in [6, 6.07) is 9.98. The predicted molar refractivity (Wildman–Crippen MR) is 146 cm³/mol. The molecule has 0 saturated carbocycles. The van der Waals surface area contributed by atoms with Crippen LogP contribution in [0.2, 0.25) is 0 Å². The minimum absolute atomic E-state index is 0.206. The van der Waals surface area contributed by atoms with Gasteiger partial charge in [0.15, 0.2) is 5.65 Å². The summed E-state index contributed by atoms with van der Waals surface area (Å²) in [7, 11) is 0. The third-order valence-corrected chi connectivity index (χ3v) is 7.48. The molecule has 0 amide bonds. The maximum atomic E-state index is 13.3. The zero-order chi connectivity index (χ0) is 26.4. The van der Waals surface area contributed by atoms with Crippen molar-refractivity contribution in [3.8, 4) is 5.69 Å². The molecule has 0 aliphatic carbocycles. The molecule has 3 aromatic heterocycles. The predicted octanol–water partition coefficient (Wildman–Crippen LogP) is 3.60. The van der Waals surface area contributed by atoms with Gasteiger partial charge >= 0.3 is 0 Å². The van der Waals surface area contributed by atoms with Gasteiger partial charge in [-0.15, -0.1) is 6.58 Å². The lowest BCUT2D eigenvalue weighted by molar-refractivity contribution is 0.00776. The minimum atomic E-state index is -1.01. The first-order valence-corrected chi connectivity index (χ1v) is 12.5. The Hall–Kier alpha value is -3.82. The highest BCUT2D eigenvalue weighted by Gasteiger charge is 2.38. The highest BCUT2D eigenvalue weighted by Crippen LogP contribution is 2.34. The lowest BCUT2D eigenvalue weighted by Gasteiger charge is -2.36. The van der Waals surface area contributed by atoms with Crippen molar-refractivity contribution in [1.82, 2.24) is 29.6 Å². The van der Waals surface area contributed by atoms with E-state index in [1.807, 2.05) is 32.0 Å². The van der Waals surface area contributed by atoms with E-state index in [4.69, 9.17) is 4.98 Å². The molecule has 3 N–H and O–H groups in total. The third kappa shape index (κ3) is 4.45. The maximum Gasteiger partial charge on any atom is 0.278 e. The molecule has 5 rings (SSSR count). The molecule has 4 heterocycles. The number of hydrogen-bond donors (Lipinski definition) is 3. The first kappa shape index (κ1) is 24.9. The number of benzene rings is 1. The van der Waals surface area contributed by atoms with E-state index in [9.17, 15) is 9.90 Å². The number of aliphatic hydroxyl groups is 1. The molecule has 1 aromatic carbocycles. The Morgan fingerprint density at radius 2 is 1.97 bits per heavy atom. The topological polar surface area (TPSA) is 110 Å². The van der Waals surface area contributed by atoms with Crippen molar-refractivity contribution >= 4 is 22.7 Å². The second kappa shape index (κ2) is 9.24. The van der Waals surface area contributed by atoms with Gasteiger partial charge in [0.1, 0.15) is 5.39 Å². The van der Waals surface area contributed by atoms with E-state index in [1.165, 1.54) is 11.1 Å². The Balaban J connectivity index is 1.62. The summed E-state index contributed by atoms with van der Waals surface area (Å²) in [6.45, 7) is 13.4. The number of nitrogens with one attached hydrogen (secondary N) is 2. The molecule has 0 bridgehead atoms. The zero-order valence-electron chi connectivity index (χ0n) is 21.7. The Labute approximate surface area is 215 Å². The fourth-order valence-corrected chi connectivity index (χ4v) is 4.53. The van der Waals surface area contributed by atoms with Crippen LogP contribution in [0.15, 0.2) is 60.2 Å². The number of nitrogens with zero attached hydrogens (tertiary/aromatic N) is 5. The van der Waals surface area contributed by atoms with E-state index in [-0.39, 0.29) is 5.56 Å². The van der Waals surface area contributed by atoms with Gasteiger partial charge in [-0.2, -0.15) is 4.98 Å². The fraction of sp³-hybridized carbons (Fsp3) is 0.357. The second-order valence-corrected chi connectivity index (χ2v) is 10.5. The van der Waals surface area contributed by atoms with E-state index in [2.05, 4.69) is 39.3 Å². The number of allylic oxidation sites excluding steroid dienone is 1. The molecule has 0 atom stereocenters. The summed E-state index contributed by atoms with van der Waals surface area (Å²) in [5.41, 5.74) is 3.53. The van der Waals surface area contributed by atoms with Crippen LogP contribution in [-0.4, -0.2) is 41.6 Å². The van der Waals surface area contributed by atoms with Crippen LogP contribution in [0.5, 0.6) is 0 Å². The molecule has 1 aliphatic heterocycles. The first-order valence-electron chi connectivity index (χ1n) is 12.5. The van der Waals surface area contributed by atoms with Gasteiger partial charge in [-0.1, -0.05) is 26.0 Å². The van der Waals surface area contributed by atoms with Crippen LogP contribution in [0.3, 0.4) is 0 Å². The van der Waals surface area contributed by atoms with Crippen molar-refractivity contribution in [2.45, 2.75) is 58.2 Å². The van der Waals surface area contributed by atoms with E-state index in [1.54, 1.807) is 41.7 Å². The molecule has 0 unspecified atom stereocenters. The fourth-order valence-electron chi connectivity index (χ4n) is 4.53. The van der Waals surface area contributed by atoms with Gasteiger partial charge < -0.3 is 15.7 Å². The molecule has 1 aliphatic rings. The van der Waals surface area contributed by atoms with Crippen LogP contribution in [0.1, 0.15) is 44.5 Å². The first-order chi connectivity index (χ1) is 17.6. The van der Waals surface area contributed by atoms with Gasteiger partial charge in [-0.25, -0.2) is 14.3 Å². The molecule has 9 heteroatoms. The molecule has 9 nitrogen and oxygen atoms in total. The molecular formula is C28H33N7O2. The zero-order valence-corrected chi connectivity index (χ0v) is 21.7. The van der Waals surface area contributed by atoms with Crippen molar-refractivity contribution < 1.29 is 5.11 Å². The maximum absolute atomic E-state index is 13.3. The van der Waals surface area contributed by atoms with Gasteiger partial charge in [0.2, 0.25) is 5.95 Å². The van der Waals surface area contributed by atoms with Crippen molar-refractivity contribution in [3.63, 3.8) is 0 Å². The number of hydrogen-bond acceptors (Lipinski definition) is 7. The molecule has 192 valence electrons. The largest absolute Gasteiger partial charge is 0.390 e. The summed E-state index contributed by atoms with van der Waals surface area (Å²) in [5.74, 6) is 0.400. The number of anilines is 2. The summed E-state index contributed by atoms with van der Waals surface area (Å²) < 4.78 is 3.36. The molecule has 0 saturated heterocycles. The number of rotatable bonds is 7. The number of fused-ring (bicyclic) bond motifs is 2. The summed E-state index contributed by atoms with van der Waals surface area (Å²) in [6.07, 6.45) is 5.90. The molecule has 0 radical (unpaired) electrons. The third-order valence-electron chi connectivity index (χ3n) is 7.48. The van der Waals surface area contributed by atoms with Crippen LogP contribution < -0.4 is 16.2 Å². The molecule has 4 aromatic rings. The highest BCUT2D eigenvalue weighted by molar-refractivity contribution is 5.77. The monoisotopic (exact) mass is 499 g/mol. The van der Waals surface area contributed by atoms with E-state index in [0.29, 0.717) is 34.9 Å². The van der Waals surface area contributed by atoms with Crippen molar-refractivity contribution in [2.75, 3.05) is 11.9 Å².